The van der Waals surface area contributed by atoms with E-state index >= 15 is 0 Å². The lowest BCUT2D eigenvalue weighted by Gasteiger charge is -2.26. The molecular weight excluding hydrogens is 310 g/mol. The number of aromatic nitrogens is 2. The van der Waals surface area contributed by atoms with E-state index in [1.807, 2.05) is 7.05 Å². The van der Waals surface area contributed by atoms with E-state index in [2.05, 4.69) is 16.9 Å². The summed E-state index contributed by atoms with van der Waals surface area (Å²) in [4.78, 5) is 24.1. The Balaban J connectivity index is 1.56. The molecule has 0 aromatic carbocycles. The zero-order valence-electron chi connectivity index (χ0n) is 13.5. The van der Waals surface area contributed by atoms with Crippen molar-refractivity contribution in [1.29, 1.82) is 0 Å². The first-order valence-corrected chi connectivity index (χ1v) is 8.68. The first-order valence-electron chi connectivity index (χ1n) is 7.86. The highest BCUT2D eigenvalue weighted by Gasteiger charge is 2.26. The number of pyridine rings is 1. The summed E-state index contributed by atoms with van der Waals surface area (Å²) in [6.07, 6.45) is 6.68. The van der Waals surface area contributed by atoms with Crippen molar-refractivity contribution in [3.63, 3.8) is 0 Å². The lowest BCUT2D eigenvalue weighted by atomic mass is 9.90. The van der Waals surface area contributed by atoms with Crippen molar-refractivity contribution in [3.8, 4) is 5.75 Å². The standard InChI is InChI=1S/C17H21N3O2S/c1-12-19-17-13(5-3-7-15(17)23-12)10-20(2)16(21)11-22-14-6-4-8-18-9-14/h4,6,8-9,13H,3,5,7,10-11H2,1-2H3. The number of ether oxygens (including phenoxy) is 1. The molecule has 0 radical (unpaired) electrons. The highest BCUT2D eigenvalue weighted by atomic mass is 32.1. The fourth-order valence-electron chi connectivity index (χ4n) is 2.93. The quantitative estimate of drug-likeness (QED) is 0.845. The molecule has 5 nitrogen and oxygen atoms in total. The average Bonchev–Trinajstić information content (AvgIpc) is 2.95. The number of carbonyl (C=O) groups excluding carboxylic acids is 1. The van der Waals surface area contributed by atoms with Gasteiger partial charge in [-0.3, -0.25) is 9.78 Å². The first-order chi connectivity index (χ1) is 11.1. The van der Waals surface area contributed by atoms with E-state index in [9.17, 15) is 4.79 Å². The predicted octanol–water partition coefficient (Wildman–Crippen LogP) is 2.80. The third-order valence-electron chi connectivity index (χ3n) is 4.09. The Hall–Kier alpha value is -1.95. The summed E-state index contributed by atoms with van der Waals surface area (Å²) in [5.41, 5.74) is 1.20. The van der Waals surface area contributed by atoms with E-state index < -0.39 is 0 Å². The summed E-state index contributed by atoms with van der Waals surface area (Å²) in [6.45, 7) is 2.79. The second-order valence-corrected chi connectivity index (χ2v) is 7.17. The fraction of sp³-hybridized carbons (Fsp3) is 0.471. The normalized spacial score (nSPS) is 16.7. The maximum atomic E-state index is 12.3. The summed E-state index contributed by atoms with van der Waals surface area (Å²) in [7, 11) is 1.84. The number of hydrogen-bond donors (Lipinski definition) is 0. The molecule has 1 atom stereocenters. The van der Waals surface area contributed by atoms with Gasteiger partial charge in [-0.25, -0.2) is 4.98 Å². The van der Waals surface area contributed by atoms with Crippen LogP contribution in [-0.4, -0.2) is 41.0 Å². The van der Waals surface area contributed by atoms with E-state index in [4.69, 9.17) is 4.74 Å². The molecule has 1 aliphatic rings. The van der Waals surface area contributed by atoms with E-state index in [1.54, 1.807) is 40.8 Å². The second kappa shape index (κ2) is 7.08. The molecule has 0 bridgehead atoms. The third kappa shape index (κ3) is 3.88. The number of thiazole rings is 1. The van der Waals surface area contributed by atoms with E-state index in [0.29, 0.717) is 18.2 Å². The molecule has 3 rings (SSSR count). The largest absolute Gasteiger partial charge is 0.482 e. The zero-order valence-corrected chi connectivity index (χ0v) is 14.3. The number of rotatable bonds is 5. The Morgan fingerprint density at radius 3 is 3.17 bits per heavy atom. The Labute approximate surface area is 140 Å². The van der Waals surface area contributed by atoms with E-state index in [-0.39, 0.29) is 12.5 Å². The molecule has 6 heteroatoms. The van der Waals surface area contributed by atoms with Gasteiger partial charge in [-0.1, -0.05) is 0 Å². The van der Waals surface area contributed by atoms with Gasteiger partial charge in [0, 0.05) is 30.6 Å². The Morgan fingerprint density at radius 2 is 2.39 bits per heavy atom. The van der Waals surface area contributed by atoms with Gasteiger partial charge in [0.1, 0.15) is 5.75 Å². The SMILES string of the molecule is Cc1nc2c(s1)CCCC2CN(C)C(=O)COc1cccnc1. The van der Waals surface area contributed by atoms with Gasteiger partial charge >= 0.3 is 0 Å². The maximum Gasteiger partial charge on any atom is 0.260 e. The molecule has 0 saturated heterocycles. The second-order valence-electron chi connectivity index (χ2n) is 5.88. The van der Waals surface area contributed by atoms with Gasteiger partial charge in [0.15, 0.2) is 6.61 Å². The minimum absolute atomic E-state index is 0.0204. The number of hydrogen-bond acceptors (Lipinski definition) is 5. The fourth-order valence-corrected chi connectivity index (χ4v) is 3.99. The van der Waals surface area contributed by atoms with Gasteiger partial charge < -0.3 is 9.64 Å². The van der Waals surface area contributed by atoms with Crippen LogP contribution in [0.5, 0.6) is 5.75 Å². The van der Waals surface area contributed by atoms with Crippen LogP contribution < -0.4 is 4.74 Å². The predicted molar refractivity (Wildman–Crippen MR) is 89.9 cm³/mol. The molecule has 2 aromatic rings. The van der Waals surface area contributed by atoms with Crippen molar-refractivity contribution in [3.05, 3.63) is 40.1 Å². The van der Waals surface area contributed by atoms with Crippen LogP contribution in [0.1, 0.15) is 34.3 Å². The van der Waals surface area contributed by atoms with Crippen LogP contribution in [0.25, 0.3) is 0 Å². The lowest BCUT2D eigenvalue weighted by Crippen LogP contribution is -2.35. The van der Waals surface area contributed by atoms with Crippen molar-refractivity contribution in [2.45, 2.75) is 32.1 Å². The molecule has 0 N–H and O–H groups in total. The van der Waals surface area contributed by atoms with Gasteiger partial charge in [-0.2, -0.15) is 0 Å². The number of carbonyl (C=O) groups is 1. The van der Waals surface area contributed by atoms with Gasteiger partial charge in [0.05, 0.1) is 16.9 Å². The monoisotopic (exact) mass is 331 g/mol. The van der Waals surface area contributed by atoms with Gasteiger partial charge in [-0.15, -0.1) is 11.3 Å². The smallest absolute Gasteiger partial charge is 0.260 e. The third-order valence-corrected chi connectivity index (χ3v) is 5.14. The van der Waals surface area contributed by atoms with Gasteiger partial charge in [-0.05, 0) is 38.3 Å². The molecule has 122 valence electrons. The van der Waals surface area contributed by atoms with Crippen molar-refractivity contribution in [2.24, 2.45) is 0 Å². The molecule has 0 spiro atoms. The van der Waals surface area contributed by atoms with Crippen LogP contribution >= 0.6 is 11.3 Å². The number of nitrogens with zero attached hydrogens (tertiary/aromatic N) is 3. The molecule has 23 heavy (non-hydrogen) atoms. The number of likely N-dealkylation sites (N-methyl/N-ethyl adjacent to an activating group) is 1. The molecular formula is C17H21N3O2S. The molecule has 1 amide bonds. The van der Waals surface area contributed by atoms with Crippen LogP contribution in [-0.2, 0) is 11.2 Å². The summed E-state index contributed by atoms with van der Waals surface area (Å²) in [5, 5.41) is 1.12. The molecule has 1 aliphatic carbocycles. The van der Waals surface area contributed by atoms with Gasteiger partial charge in [0.2, 0.25) is 0 Å². The summed E-state index contributed by atoms with van der Waals surface area (Å²) in [6, 6.07) is 3.59. The average molecular weight is 331 g/mol. The minimum atomic E-state index is -0.0204. The lowest BCUT2D eigenvalue weighted by molar-refractivity contribution is -0.132. The van der Waals surface area contributed by atoms with Crippen LogP contribution in [0, 0.1) is 6.92 Å². The van der Waals surface area contributed by atoms with Crippen LogP contribution in [0.2, 0.25) is 0 Å². The Morgan fingerprint density at radius 1 is 1.52 bits per heavy atom. The molecule has 2 heterocycles. The van der Waals surface area contributed by atoms with Crippen LogP contribution in [0.4, 0.5) is 0 Å². The first kappa shape index (κ1) is 15.9. The maximum absolute atomic E-state index is 12.3. The van der Waals surface area contributed by atoms with Crippen molar-refractivity contribution in [1.82, 2.24) is 14.9 Å². The summed E-state index contributed by atoms with van der Waals surface area (Å²) in [5.74, 6) is 0.938. The zero-order chi connectivity index (χ0) is 16.2. The number of fused-ring (bicyclic) bond motifs is 1. The van der Waals surface area contributed by atoms with Crippen molar-refractivity contribution in [2.75, 3.05) is 20.2 Å². The van der Waals surface area contributed by atoms with E-state index in [1.165, 1.54) is 17.0 Å². The highest BCUT2D eigenvalue weighted by molar-refractivity contribution is 7.11. The molecule has 0 saturated carbocycles. The Kier molecular flexibility index (Phi) is 4.91. The van der Waals surface area contributed by atoms with E-state index in [0.717, 1.165) is 17.8 Å². The topological polar surface area (TPSA) is 55.3 Å². The number of amides is 1. The van der Waals surface area contributed by atoms with Crippen molar-refractivity contribution < 1.29 is 9.53 Å². The van der Waals surface area contributed by atoms with Crippen molar-refractivity contribution >= 4 is 17.2 Å². The summed E-state index contributed by atoms with van der Waals surface area (Å²) < 4.78 is 5.48. The molecule has 0 fully saturated rings. The molecule has 0 aliphatic heterocycles. The van der Waals surface area contributed by atoms with Gasteiger partial charge in [0.25, 0.3) is 5.91 Å². The highest BCUT2D eigenvalue weighted by Crippen LogP contribution is 2.34. The molecule has 2 aromatic heterocycles. The summed E-state index contributed by atoms with van der Waals surface area (Å²) >= 11 is 1.79. The molecule has 1 unspecified atom stereocenters. The number of aryl methyl sites for hydroxylation is 2. The van der Waals surface area contributed by atoms with Crippen LogP contribution in [0.3, 0.4) is 0 Å². The minimum Gasteiger partial charge on any atom is -0.482 e. The van der Waals surface area contributed by atoms with Crippen LogP contribution in [0.15, 0.2) is 24.5 Å². The Bertz CT molecular complexity index is 672.